The average Bonchev–Trinajstić information content (AvgIpc) is 3.12. The molecule has 2 aliphatic heterocycles. The second-order valence-electron chi connectivity index (χ2n) is 8.07. The molecule has 0 bridgehead atoms. The van der Waals surface area contributed by atoms with Gasteiger partial charge in [-0.15, -0.1) is 12.4 Å². The number of alkyl halides is 4. The molecule has 0 radical (unpaired) electrons. The van der Waals surface area contributed by atoms with Crippen molar-refractivity contribution in [2.24, 2.45) is 0 Å². The van der Waals surface area contributed by atoms with Crippen molar-refractivity contribution in [2.45, 2.75) is 37.7 Å². The second kappa shape index (κ2) is 9.57. The maximum Gasteiger partial charge on any atom is 0.416 e. The molecule has 0 aromatic heterocycles. The van der Waals surface area contributed by atoms with E-state index in [2.05, 4.69) is 11.0 Å². The first-order valence-corrected chi connectivity index (χ1v) is 10.2. The van der Waals surface area contributed by atoms with Gasteiger partial charge < -0.3 is 4.90 Å². The van der Waals surface area contributed by atoms with Gasteiger partial charge in [0.2, 0.25) is 5.91 Å². The molecule has 31 heavy (non-hydrogen) atoms. The molecular formula is C23H25ClF4N2O. The zero-order chi connectivity index (χ0) is 21.3. The highest BCUT2D eigenvalue weighted by Gasteiger charge is 2.34. The molecule has 1 saturated heterocycles. The van der Waals surface area contributed by atoms with E-state index >= 15 is 0 Å². The minimum absolute atomic E-state index is 0. The SMILES string of the molecule is Cl.O=C(Cc1ccc(C(F)(F)F)cc1)N1CCc2ccccc2C1CN1CC[C@H](F)C1. The van der Waals surface area contributed by atoms with Crippen LogP contribution in [0.5, 0.6) is 0 Å². The Kier molecular flexibility index (Phi) is 7.27. The predicted octanol–water partition coefficient (Wildman–Crippen LogP) is 4.84. The van der Waals surface area contributed by atoms with Crippen molar-refractivity contribution < 1.29 is 22.4 Å². The molecule has 4 rings (SSSR count). The summed E-state index contributed by atoms with van der Waals surface area (Å²) in [5.74, 6) is -0.120. The number of fused-ring (bicyclic) bond motifs is 1. The smallest absolute Gasteiger partial charge is 0.334 e. The van der Waals surface area contributed by atoms with Crippen LogP contribution in [0.25, 0.3) is 0 Å². The second-order valence-corrected chi connectivity index (χ2v) is 8.07. The maximum absolute atomic E-state index is 13.7. The van der Waals surface area contributed by atoms with Crippen molar-refractivity contribution in [2.75, 3.05) is 26.2 Å². The van der Waals surface area contributed by atoms with E-state index in [1.54, 1.807) is 0 Å². The molecule has 2 aromatic rings. The third-order valence-corrected chi connectivity index (χ3v) is 6.02. The van der Waals surface area contributed by atoms with Gasteiger partial charge in [0.05, 0.1) is 18.0 Å². The van der Waals surface area contributed by atoms with E-state index in [0.29, 0.717) is 38.2 Å². The lowest BCUT2D eigenvalue weighted by atomic mass is 9.91. The summed E-state index contributed by atoms with van der Waals surface area (Å²) in [7, 11) is 0. The van der Waals surface area contributed by atoms with Crippen molar-refractivity contribution in [3.05, 3.63) is 70.8 Å². The van der Waals surface area contributed by atoms with Gasteiger partial charge in [-0.3, -0.25) is 9.69 Å². The lowest BCUT2D eigenvalue weighted by Crippen LogP contribution is -2.45. The van der Waals surface area contributed by atoms with Gasteiger partial charge in [0, 0.05) is 26.2 Å². The van der Waals surface area contributed by atoms with E-state index in [0.717, 1.165) is 24.1 Å². The first-order chi connectivity index (χ1) is 14.3. The van der Waals surface area contributed by atoms with Crippen LogP contribution in [0, 0.1) is 0 Å². The van der Waals surface area contributed by atoms with E-state index in [-0.39, 0.29) is 30.8 Å². The van der Waals surface area contributed by atoms with Gasteiger partial charge in [0.15, 0.2) is 0 Å². The first-order valence-electron chi connectivity index (χ1n) is 10.2. The lowest BCUT2D eigenvalue weighted by Gasteiger charge is -2.39. The molecule has 1 amide bonds. The van der Waals surface area contributed by atoms with Crippen molar-refractivity contribution in [1.82, 2.24) is 9.80 Å². The van der Waals surface area contributed by atoms with E-state index < -0.39 is 17.9 Å². The number of hydrogen-bond acceptors (Lipinski definition) is 2. The van der Waals surface area contributed by atoms with Crippen LogP contribution in [0.2, 0.25) is 0 Å². The molecule has 1 unspecified atom stereocenters. The van der Waals surface area contributed by atoms with Crippen LogP contribution in [0.15, 0.2) is 48.5 Å². The monoisotopic (exact) mass is 456 g/mol. The summed E-state index contributed by atoms with van der Waals surface area (Å²) in [5.41, 5.74) is 2.10. The van der Waals surface area contributed by atoms with Crippen LogP contribution in [0.3, 0.4) is 0 Å². The summed E-state index contributed by atoms with van der Waals surface area (Å²) >= 11 is 0. The largest absolute Gasteiger partial charge is 0.416 e. The Morgan fingerprint density at radius 1 is 1.03 bits per heavy atom. The third kappa shape index (κ3) is 5.39. The van der Waals surface area contributed by atoms with Crippen LogP contribution in [0.4, 0.5) is 17.6 Å². The molecule has 8 heteroatoms. The van der Waals surface area contributed by atoms with E-state index in [1.807, 2.05) is 23.1 Å². The molecule has 0 saturated carbocycles. The van der Waals surface area contributed by atoms with Gasteiger partial charge in [0.25, 0.3) is 0 Å². The first kappa shape index (κ1) is 23.5. The Hall–Kier alpha value is -2.12. The van der Waals surface area contributed by atoms with Crippen molar-refractivity contribution in [3.8, 4) is 0 Å². The van der Waals surface area contributed by atoms with Crippen LogP contribution in [-0.4, -0.2) is 48.1 Å². The van der Waals surface area contributed by atoms with Crippen molar-refractivity contribution in [3.63, 3.8) is 0 Å². The molecule has 2 atom stereocenters. The van der Waals surface area contributed by atoms with Crippen LogP contribution in [-0.2, 0) is 23.8 Å². The fourth-order valence-electron chi connectivity index (χ4n) is 4.43. The van der Waals surface area contributed by atoms with E-state index in [1.165, 1.54) is 17.7 Å². The van der Waals surface area contributed by atoms with Crippen LogP contribution < -0.4 is 0 Å². The zero-order valence-electron chi connectivity index (χ0n) is 16.9. The highest BCUT2D eigenvalue weighted by atomic mass is 35.5. The van der Waals surface area contributed by atoms with Crippen LogP contribution >= 0.6 is 12.4 Å². The number of rotatable bonds is 4. The van der Waals surface area contributed by atoms with Crippen molar-refractivity contribution >= 4 is 18.3 Å². The minimum Gasteiger partial charge on any atom is -0.334 e. The molecule has 2 heterocycles. The highest BCUT2D eigenvalue weighted by molar-refractivity contribution is 5.85. The Morgan fingerprint density at radius 3 is 2.39 bits per heavy atom. The number of halogens is 5. The molecule has 2 aliphatic rings. The van der Waals surface area contributed by atoms with Gasteiger partial charge >= 0.3 is 6.18 Å². The minimum atomic E-state index is -4.39. The summed E-state index contributed by atoms with van der Waals surface area (Å²) in [4.78, 5) is 17.0. The molecule has 3 nitrogen and oxygen atoms in total. The zero-order valence-corrected chi connectivity index (χ0v) is 17.8. The van der Waals surface area contributed by atoms with Crippen molar-refractivity contribution in [1.29, 1.82) is 0 Å². The Bertz CT molecular complexity index is 903. The number of benzene rings is 2. The van der Waals surface area contributed by atoms with Gasteiger partial charge in [-0.05, 0) is 41.7 Å². The Labute approximate surface area is 185 Å². The number of nitrogens with zero attached hydrogens (tertiary/aromatic N) is 2. The summed E-state index contributed by atoms with van der Waals surface area (Å²) < 4.78 is 52.0. The predicted molar refractivity (Wildman–Crippen MR) is 113 cm³/mol. The molecule has 0 spiro atoms. The van der Waals surface area contributed by atoms with Gasteiger partial charge in [-0.1, -0.05) is 36.4 Å². The molecule has 2 aromatic carbocycles. The average molecular weight is 457 g/mol. The Morgan fingerprint density at radius 2 is 1.74 bits per heavy atom. The molecule has 0 N–H and O–H groups in total. The number of carbonyl (C=O) groups excluding carboxylic acids is 1. The number of carbonyl (C=O) groups is 1. The fraction of sp³-hybridized carbons (Fsp3) is 0.435. The molecule has 0 aliphatic carbocycles. The molecular weight excluding hydrogens is 432 g/mol. The standard InChI is InChI=1S/C23H24F4N2O.ClH/c24-19-10-11-28(14-19)15-21-20-4-2-1-3-17(20)9-12-29(21)22(30)13-16-5-7-18(8-6-16)23(25,26)27;/h1-8,19,21H,9-15H2;1H/t19-,21?;/m0./s1. The summed E-state index contributed by atoms with van der Waals surface area (Å²) in [6.07, 6.45) is -3.94. The maximum atomic E-state index is 13.7. The Balaban J connectivity index is 0.00000272. The van der Waals surface area contributed by atoms with E-state index in [4.69, 9.17) is 0 Å². The third-order valence-electron chi connectivity index (χ3n) is 6.02. The van der Waals surface area contributed by atoms with Crippen LogP contribution in [0.1, 0.15) is 34.7 Å². The molecule has 168 valence electrons. The highest BCUT2D eigenvalue weighted by Crippen LogP contribution is 2.33. The lowest BCUT2D eigenvalue weighted by molar-refractivity contribution is -0.137. The van der Waals surface area contributed by atoms with E-state index in [9.17, 15) is 22.4 Å². The fourth-order valence-corrected chi connectivity index (χ4v) is 4.43. The quantitative estimate of drug-likeness (QED) is 0.615. The van der Waals surface area contributed by atoms with Gasteiger partial charge in [-0.2, -0.15) is 13.2 Å². The number of hydrogen-bond donors (Lipinski definition) is 0. The normalized spacial score (nSPS) is 21.5. The summed E-state index contributed by atoms with van der Waals surface area (Å²) in [6, 6.07) is 12.6. The summed E-state index contributed by atoms with van der Waals surface area (Å²) in [5, 5.41) is 0. The topological polar surface area (TPSA) is 23.6 Å². The number of amides is 1. The van der Waals surface area contributed by atoms with Gasteiger partial charge in [-0.25, -0.2) is 4.39 Å². The van der Waals surface area contributed by atoms with Gasteiger partial charge in [0.1, 0.15) is 6.17 Å². The number of likely N-dealkylation sites (tertiary alicyclic amines) is 1. The summed E-state index contributed by atoms with van der Waals surface area (Å²) in [6.45, 7) is 2.16. The molecule has 1 fully saturated rings.